The second kappa shape index (κ2) is 4.63. The predicted molar refractivity (Wildman–Crippen MR) is 60.5 cm³/mol. The maximum absolute atomic E-state index is 12.1. The molecule has 16 heavy (non-hydrogen) atoms. The third-order valence-electron chi connectivity index (χ3n) is 2.62. The van der Waals surface area contributed by atoms with Crippen LogP contribution in [0.1, 0.15) is 15.9 Å². The zero-order chi connectivity index (χ0) is 11.5. The van der Waals surface area contributed by atoms with E-state index in [4.69, 9.17) is 15.2 Å². The first-order valence-electron chi connectivity index (χ1n) is 5.28. The lowest BCUT2D eigenvalue weighted by molar-refractivity contribution is -0.0719. The van der Waals surface area contributed by atoms with Crippen LogP contribution in [0.2, 0.25) is 0 Å². The van der Waals surface area contributed by atoms with Gasteiger partial charge < -0.3 is 15.2 Å². The Bertz CT molecular complexity index is 397. The lowest BCUT2D eigenvalue weighted by Gasteiger charge is -2.22. The van der Waals surface area contributed by atoms with E-state index in [0.29, 0.717) is 31.1 Å². The Morgan fingerprint density at radius 2 is 2.25 bits per heavy atom. The van der Waals surface area contributed by atoms with Gasteiger partial charge in [0.25, 0.3) is 0 Å². The van der Waals surface area contributed by atoms with Crippen molar-refractivity contribution in [1.82, 2.24) is 0 Å². The Labute approximate surface area is 94.3 Å². The van der Waals surface area contributed by atoms with Gasteiger partial charge in [-0.3, -0.25) is 4.79 Å². The summed E-state index contributed by atoms with van der Waals surface area (Å²) in [6.07, 6.45) is -0.476. The summed E-state index contributed by atoms with van der Waals surface area (Å²) < 4.78 is 10.6. The van der Waals surface area contributed by atoms with Crippen LogP contribution in [0.15, 0.2) is 18.2 Å². The molecule has 86 valence electrons. The summed E-state index contributed by atoms with van der Waals surface area (Å²) in [6.45, 7) is 3.24. The number of ketones is 1. The number of nitrogens with two attached hydrogens (primary N) is 1. The van der Waals surface area contributed by atoms with Crippen molar-refractivity contribution in [3.05, 3.63) is 29.3 Å². The summed E-state index contributed by atoms with van der Waals surface area (Å²) in [7, 11) is 0. The largest absolute Gasteiger partial charge is 0.399 e. The molecule has 1 aromatic rings. The van der Waals surface area contributed by atoms with Gasteiger partial charge in [0.2, 0.25) is 0 Å². The highest BCUT2D eigenvalue weighted by Gasteiger charge is 2.24. The van der Waals surface area contributed by atoms with E-state index in [1.165, 1.54) is 0 Å². The first-order chi connectivity index (χ1) is 7.68. The zero-order valence-electron chi connectivity index (χ0n) is 9.23. The topological polar surface area (TPSA) is 61.6 Å². The molecule has 1 fully saturated rings. The molecule has 0 aromatic heterocycles. The van der Waals surface area contributed by atoms with Crippen molar-refractivity contribution in [2.75, 3.05) is 25.6 Å². The first-order valence-corrected chi connectivity index (χ1v) is 5.28. The number of anilines is 1. The van der Waals surface area contributed by atoms with E-state index in [1.54, 1.807) is 18.2 Å². The zero-order valence-corrected chi connectivity index (χ0v) is 9.23. The number of Topliss-reactive ketones (excluding diaryl/α,β-unsaturated/α-hetero) is 1. The van der Waals surface area contributed by atoms with Gasteiger partial charge in [0.1, 0.15) is 6.10 Å². The quantitative estimate of drug-likeness (QED) is 0.601. The molecule has 0 saturated carbocycles. The van der Waals surface area contributed by atoms with Gasteiger partial charge in [0.15, 0.2) is 5.78 Å². The van der Waals surface area contributed by atoms with Crippen LogP contribution in [0.5, 0.6) is 0 Å². The number of nitrogen functional groups attached to an aromatic ring is 1. The van der Waals surface area contributed by atoms with Crippen molar-refractivity contribution in [2.45, 2.75) is 13.0 Å². The minimum Gasteiger partial charge on any atom is -0.399 e. The van der Waals surface area contributed by atoms with Gasteiger partial charge in [0, 0.05) is 11.3 Å². The molecule has 0 amide bonds. The molecule has 1 atom stereocenters. The second-order valence-electron chi connectivity index (χ2n) is 3.87. The lowest BCUT2D eigenvalue weighted by Crippen LogP contribution is -2.35. The molecular formula is C12H15NO3. The van der Waals surface area contributed by atoms with Crippen LogP contribution in [0.3, 0.4) is 0 Å². The second-order valence-corrected chi connectivity index (χ2v) is 3.87. The Morgan fingerprint density at radius 1 is 1.44 bits per heavy atom. The summed E-state index contributed by atoms with van der Waals surface area (Å²) >= 11 is 0. The van der Waals surface area contributed by atoms with Gasteiger partial charge in [-0.15, -0.1) is 0 Å². The molecule has 0 spiro atoms. The average Bonchev–Trinajstić information content (AvgIpc) is 2.29. The third-order valence-corrected chi connectivity index (χ3v) is 2.62. The molecule has 4 nitrogen and oxygen atoms in total. The van der Waals surface area contributed by atoms with E-state index in [1.807, 2.05) is 6.92 Å². The molecule has 4 heteroatoms. The summed E-state index contributed by atoms with van der Waals surface area (Å²) in [5.74, 6) is -0.0304. The van der Waals surface area contributed by atoms with Crippen LogP contribution < -0.4 is 5.73 Å². The normalized spacial score (nSPS) is 20.7. The van der Waals surface area contributed by atoms with Gasteiger partial charge in [-0.2, -0.15) is 0 Å². The van der Waals surface area contributed by atoms with Crippen molar-refractivity contribution in [3.8, 4) is 0 Å². The molecule has 1 saturated heterocycles. The number of aryl methyl sites for hydroxylation is 1. The molecule has 1 unspecified atom stereocenters. The number of hydrogen-bond donors (Lipinski definition) is 1. The monoisotopic (exact) mass is 221 g/mol. The molecule has 0 bridgehead atoms. The fraction of sp³-hybridized carbons (Fsp3) is 0.417. The number of rotatable bonds is 2. The van der Waals surface area contributed by atoms with E-state index in [9.17, 15) is 4.79 Å². The van der Waals surface area contributed by atoms with Crippen molar-refractivity contribution in [3.63, 3.8) is 0 Å². The van der Waals surface area contributed by atoms with Crippen LogP contribution in [0, 0.1) is 6.92 Å². The molecule has 1 aliphatic heterocycles. The van der Waals surface area contributed by atoms with Crippen molar-refractivity contribution >= 4 is 11.5 Å². The molecule has 2 N–H and O–H groups in total. The van der Waals surface area contributed by atoms with E-state index < -0.39 is 6.10 Å². The number of ether oxygens (including phenoxy) is 2. The minimum atomic E-state index is -0.476. The van der Waals surface area contributed by atoms with Crippen molar-refractivity contribution in [2.24, 2.45) is 0 Å². The fourth-order valence-corrected chi connectivity index (χ4v) is 1.78. The summed E-state index contributed by atoms with van der Waals surface area (Å²) in [4.78, 5) is 12.1. The Morgan fingerprint density at radius 3 is 2.88 bits per heavy atom. The summed E-state index contributed by atoms with van der Waals surface area (Å²) in [5.41, 5.74) is 7.83. The Kier molecular flexibility index (Phi) is 3.22. The number of hydrogen-bond acceptors (Lipinski definition) is 4. The SMILES string of the molecule is Cc1cc(N)ccc1C(=O)C1COCCO1. The van der Waals surface area contributed by atoms with Crippen LogP contribution in [0.25, 0.3) is 0 Å². The van der Waals surface area contributed by atoms with Gasteiger partial charge >= 0.3 is 0 Å². The van der Waals surface area contributed by atoms with E-state index in [2.05, 4.69) is 0 Å². The number of carbonyl (C=O) groups is 1. The number of carbonyl (C=O) groups excluding carboxylic acids is 1. The molecule has 1 aromatic carbocycles. The maximum Gasteiger partial charge on any atom is 0.194 e. The van der Waals surface area contributed by atoms with Gasteiger partial charge in [-0.05, 0) is 30.7 Å². The van der Waals surface area contributed by atoms with Crippen molar-refractivity contribution in [1.29, 1.82) is 0 Å². The van der Waals surface area contributed by atoms with Gasteiger partial charge in [-0.1, -0.05) is 0 Å². The van der Waals surface area contributed by atoms with Crippen LogP contribution in [0.4, 0.5) is 5.69 Å². The summed E-state index contributed by atoms with van der Waals surface area (Å²) in [6, 6.07) is 5.26. The molecule has 1 heterocycles. The number of benzene rings is 1. The molecule has 0 radical (unpaired) electrons. The highest BCUT2D eigenvalue weighted by Crippen LogP contribution is 2.16. The standard InChI is InChI=1S/C12H15NO3/c1-8-6-9(13)2-3-10(8)12(14)11-7-15-4-5-16-11/h2-3,6,11H,4-5,7,13H2,1H3. The van der Waals surface area contributed by atoms with E-state index in [0.717, 1.165) is 5.56 Å². The molecule has 0 aliphatic carbocycles. The highest BCUT2D eigenvalue weighted by molar-refractivity contribution is 6.01. The first kappa shape index (κ1) is 11.1. The van der Waals surface area contributed by atoms with E-state index >= 15 is 0 Å². The lowest BCUT2D eigenvalue weighted by atomic mass is 10.0. The summed E-state index contributed by atoms with van der Waals surface area (Å²) in [5, 5.41) is 0. The van der Waals surface area contributed by atoms with E-state index in [-0.39, 0.29) is 5.78 Å². The van der Waals surface area contributed by atoms with Crippen LogP contribution in [-0.2, 0) is 9.47 Å². The molecular weight excluding hydrogens is 206 g/mol. The smallest absolute Gasteiger partial charge is 0.194 e. The fourth-order valence-electron chi connectivity index (χ4n) is 1.78. The Hall–Kier alpha value is -1.39. The van der Waals surface area contributed by atoms with Crippen molar-refractivity contribution < 1.29 is 14.3 Å². The predicted octanol–water partition coefficient (Wildman–Crippen LogP) is 1.18. The highest BCUT2D eigenvalue weighted by atomic mass is 16.6. The molecule has 1 aliphatic rings. The molecule has 2 rings (SSSR count). The Balaban J connectivity index is 2.19. The van der Waals surface area contributed by atoms with Gasteiger partial charge in [0.05, 0.1) is 19.8 Å². The third kappa shape index (κ3) is 2.23. The van der Waals surface area contributed by atoms with Crippen LogP contribution >= 0.6 is 0 Å². The maximum atomic E-state index is 12.1. The van der Waals surface area contributed by atoms with Crippen LogP contribution in [-0.4, -0.2) is 31.7 Å². The van der Waals surface area contributed by atoms with Gasteiger partial charge in [-0.25, -0.2) is 0 Å². The minimum absolute atomic E-state index is 0.0304. The average molecular weight is 221 g/mol.